The van der Waals surface area contributed by atoms with Crippen LogP contribution < -0.4 is 16.8 Å². The Hall–Kier alpha value is -2.64. The molecule has 0 bridgehead atoms. The van der Waals surface area contributed by atoms with Gasteiger partial charge in [0.1, 0.15) is 0 Å². The number of nitrogens with two attached hydrogens (primary N) is 2. The number of rotatable bonds is 2. The third kappa shape index (κ3) is 1.90. The van der Waals surface area contributed by atoms with E-state index < -0.39 is 11.8 Å². The van der Waals surface area contributed by atoms with Crippen LogP contribution in [-0.4, -0.2) is 11.8 Å². The first-order valence-electron chi connectivity index (χ1n) is 6.78. The number of carbonyl (C=O) groups is 2. The molecule has 7 heteroatoms. The zero-order chi connectivity index (χ0) is 16.1. The zero-order valence-corrected chi connectivity index (χ0v) is 13.4. The summed E-state index contributed by atoms with van der Waals surface area (Å²) in [6.45, 7) is 0. The summed E-state index contributed by atoms with van der Waals surface area (Å²) in [4.78, 5) is 26.3. The molecule has 0 aliphatic carbocycles. The molecular weight excluding hydrogens is 330 g/mol. The third-order valence-corrected chi connectivity index (χ3v) is 5.57. The minimum absolute atomic E-state index is 0.313. The lowest BCUT2D eigenvalue weighted by Crippen LogP contribution is -2.20. The molecule has 23 heavy (non-hydrogen) atoms. The van der Waals surface area contributed by atoms with Crippen LogP contribution in [0.1, 0.15) is 20.7 Å². The molecule has 3 heterocycles. The van der Waals surface area contributed by atoms with E-state index in [0.29, 0.717) is 33.6 Å². The Morgan fingerprint density at radius 1 is 0.739 bits per heavy atom. The van der Waals surface area contributed by atoms with Gasteiger partial charge in [-0.15, -0.1) is 22.7 Å². The van der Waals surface area contributed by atoms with Crippen LogP contribution >= 0.6 is 22.7 Å². The molecule has 4 rings (SSSR count). The van der Waals surface area contributed by atoms with Gasteiger partial charge in [0.05, 0.1) is 22.5 Å². The van der Waals surface area contributed by atoms with Gasteiger partial charge in [-0.3, -0.25) is 14.9 Å². The van der Waals surface area contributed by atoms with E-state index in [0.717, 1.165) is 9.75 Å². The van der Waals surface area contributed by atoms with Crippen LogP contribution in [0, 0.1) is 0 Å². The number of hydrogen-bond acceptors (Lipinski definition) is 6. The number of amides is 2. The maximum absolute atomic E-state index is 12.4. The molecule has 0 fully saturated rings. The highest BCUT2D eigenvalue weighted by atomic mass is 32.1. The molecule has 0 saturated carbocycles. The van der Waals surface area contributed by atoms with Crippen molar-refractivity contribution in [1.82, 2.24) is 5.32 Å². The van der Waals surface area contributed by atoms with Gasteiger partial charge in [-0.1, -0.05) is 12.1 Å². The molecule has 0 spiro atoms. The van der Waals surface area contributed by atoms with Crippen LogP contribution in [0.5, 0.6) is 0 Å². The molecule has 0 unspecified atom stereocenters. The Balaban J connectivity index is 2.16. The summed E-state index contributed by atoms with van der Waals surface area (Å²) in [5.74, 6) is -0.865. The number of nitrogens with one attached hydrogen (secondary N) is 1. The van der Waals surface area contributed by atoms with Gasteiger partial charge in [0.2, 0.25) is 0 Å². The van der Waals surface area contributed by atoms with Gasteiger partial charge in [-0.05, 0) is 22.9 Å². The summed E-state index contributed by atoms with van der Waals surface area (Å²) >= 11 is 2.89. The lowest BCUT2D eigenvalue weighted by atomic mass is 9.92. The Bertz CT molecular complexity index is 867. The Kier molecular flexibility index (Phi) is 3.00. The highest BCUT2D eigenvalue weighted by Crippen LogP contribution is 2.47. The first-order chi connectivity index (χ1) is 11.1. The molecule has 114 valence electrons. The first kappa shape index (κ1) is 14.0. The third-order valence-electron chi connectivity index (χ3n) is 3.80. The van der Waals surface area contributed by atoms with Crippen molar-refractivity contribution >= 4 is 45.9 Å². The van der Waals surface area contributed by atoms with Crippen LogP contribution in [0.4, 0.5) is 11.4 Å². The fourth-order valence-electron chi connectivity index (χ4n) is 2.82. The van der Waals surface area contributed by atoms with Crippen LogP contribution in [-0.2, 0) is 0 Å². The maximum atomic E-state index is 12.4. The summed E-state index contributed by atoms with van der Waals surface area (Å²) < 4.78 is 0. The molecule has 1 aromatic carbocycles. The Morgan fingerprint density at radius 2 is 1.17 bits per heavy atom. The first-order valence-corrected chi connectivity index (χ1v) is 8.54. The van der Waals surface area contributed by atoms with Gasteiger partial charge >= 0.3 is 0 Å². The Labute approximate surface area is 139 Å². The smallest absolute Gasteiger partial charge is 0.259 e. The monoisotopic (exact) mass is 341 g/mol. The fourth-order valence-corrected chi connectivity index (χ4v) is 4.41. The number of carbonyl (C=O) groups excluding carboxylic acids is 2. The normalized spacial score (nSPS) is 13.2. The topological polar surface area (TPSA) is 98.2 Å². The number of fused-ring (bicyclic) bond motifs is 1. The van der Waals surface area contributed by atoms with Crippen molar-refractivity contribution < 1.29 is 9.59 Å². The minimum atomic E-state index is -0.432. The van der Waals surface area contributed by atoms with Crippen molar-refractivity contribution in [3.8, 4) is 20.9 Å². The van der Waals surface area contributed by atoms with Crippen molar-refractivity contribution in [3.05, 3.63) is 46.2 Å². The van der Waals surface area contributed by atoms with Crippen LogP contribution in [0.3, 0.4) is 0 Å². The van der Waals surface area contributed by atoms with Crippen molar-refractivity contribution in [1.29, 1.82) is 0 Å². The van der Waals surface area contributed by atoms with Crippen molar-refractivity contribution in [2.75, 3.05) is 11.5 Å². The second-order valence-corrected chi connectivity index (χ2v) is 6.96. The number of anilines is 2. The molecule has 0 radical (unpaired) electrons. The number of benzene rings is 1. The van der Waals surface area contributed by atoms with E-state index in [2.05, 4.69) is 5.32 Å². The molecular formula is C16H11N3O2S2. The highest BCUT2D eigenvalue weighted by Gasteiger charge is 2.36. The number of nitrogen functional groups attached to an aromatic ring is 2. The molecule has 3 aromatic rings. The van der Waals surface area contributed by atoms with Gasteiger partial charge in [-0.2, -0.15) is 0 Å². The van der Waals surface area contributed by atoms with Crippen molar-refractivity contribution in [2.24, 2.45) is 0 Å². The van der Waals surface area contributed by atoms with E-state index in [4.69, 9.17) is 11.5 Å². The number of thiophene rings is 2. The van der Waals surface area contributed by atoms with Crippen molar-refractivity contribution in [2.45, 2.75) is 0 Å². The molecule has 1 aliphatic rings. The Morgan fingerprint density at radius 3 is 1.52 bits per heavy atom. The summed E-state index contributed by atoms with van der Waals surface area (Å²) in [5, 5.41) is 6.14. The van der Waals surface area contributed by atoms with E-state index in [1.807, 2.05) is 35.0 Å². The van der Waals surface area contributed by atoms with Crippen LogP contribution in [0.15, 0.2) is 35.0 Å². The summed E-state index contributed by atoms with van der Waals surface area (Å²) in [6, 6.07) is 7.45. The zero-order valence-electron chi connectivity index (χ0n) is 11.8. The van der Waals surface area contributed by atoms with Crippen LogP contribution in [0.25, 0.3) is 20.9 Å². The summed E-state index contributed by atoms with van der Waals surface area (Å²) in [7, 11) is 0. The van der Waals surface area contributed by atoms with E-state index >= 15 is 0 Å². The maximum Gasteiger partial charge on any atom is 0.259 e. The standard InChI is InChI=1S/C16H11N3O2S2/c17-13-9(7-3-1-5-22-7)11-12(16(21)19-15(11)20)10(14(13)18)8-4-2-6-23-8/h1-6H,17-18H2,(H,19,20,21). The minimum Gasteiger partial charge on any atom is -0.396 e. The average Bonchev–Trinajstić information content (AvgIpc) is 3.24. The average molecular weight is 341 g/mol. The van der Waals surface area contributed by atoms with Gasteiger partial charge in [-0.25, -0.2) is 0 Å². The van der Waals surface area contributed by atoms with Gasteiger partial charge in [0.25, 0.3) is 11.8 Å². The van der Waals surface area contributed by atoms with E-state index in [-0.39, 0.29) is 0 Å². The highest BCUT2D eigenvalue weighted by molar-refractivity contribution is 7.14. The SMILES string of the molecule is Nc1c(N)c(-c2cccs2)c2c(c1-c1cccs1)C(=O)NC2=O. The van der Waals surface area contributed by atoms with Gasteiger partial charge in [0.15, 0.2) is 0 Å². The summed E-state index contributed by atoms with van der Waals surface area (Å²) in [5.41, 5.74) is 14.9. The fraction of sp³-hybridized carbons (Fsp3) is 0. The van der Waals surface area contributed by atoms with Gasteiger partial charge in [0, 0.05) is 20.9 Å². The summed E-state index contributed by atoms with van der Waals surface area (Å²) in [6.07, 6.45) is 0. The second-order valence-electron chi connectivity index (χ2n) is 5.07. The molecule has 0 saturated heterocycles. The molecule has 0 atom stereocenters. The second kappa shape index (κ2) is 4.94. The van der Waals surface area contributed by atoms with Gasteiger partial charge < -0.3 is 11.5 Å². The van der Waals surface area contributed by atoms with Crippen molar-refractivity contribution in [3.63, 3.8) is 0 Å². The quantitative estimate of drug-likeness (QED) is 0.492. The van der Waals surface area contributed by atoms with E-state index in [1.54, 1.807) is 0 Å². The number of hydrogen-bond donors (Lipinski definition) is 3. The lowest BCUT2D eigenvalue weighted by molar-refractivity contribution is 0.0880. The predicted octanol–water partition coefficient (Wildman–Crippen LogP) is 3.19. The molecule has 5 N–H and O–H groups in total. The lowest BCUT2D eigenvalue weighted by Gasteiger charge is -2.16. The molecule has 2 aromatic heterocycles. The van der Waals surface area contributed by atoms with E-state index in [9.17, 15) is 9.59 Å². The number of imide groups is 1. The largest absolute Gasteiger partial charge is 0.396 e. The predicted molar refractivity (Wildman–Crippen MR) is 93.7 cm³/mol. The van der Waals surface area contributed by atoms with Crippen LogP contribution in [0.2, 0.25) is 0 Å². The molecule has 2 amide bonds. The molecule has 1 aliphatic heterocycles. The van der Waals surface area contributed by atoms with E-state index in [1.165, 1.54) is 22.7 Å². The molecule has 5 nitrogen and oxygen atoms in total.